The number of carbonyl (C=O) groups is 1. The van der Waals surface area contributed by atoms with Crippen molar-refractivity contribution in [1.82, 2.24) is 4.90 Å². The summed E-state index contributed by atoms with van der Waals surface area (Å²) in [4.78, 5) is 14.4. The fourth-order valence-electron chi connectivity index (χ4n) is 3.52. The first-order chi connectivity index (χ1) is 12.8. The van der Waals surface area contributed by atoms with Crippen molar-refractivity contribution >= 4 is 6.09 Å². The SMILES string of the molecule is C#CC1C[C@H](COCc2ccccc2)C[C@@H](CC)CN1C(=O)OC(C)(C)C. The number of likely N-dealkylation sites (tertiary alicyclic amines) is 1. The van der Waals surface area contributed by atoms with Crippen LogP contribution in [0.5, 0.6) is 0 Å². The van der Waals surface area contributed by atoms with E-state index in [-0.39, 0.29) is 12.1 Å². The number of ether oxygens (including phenoxy) is 2. The van der Waals surface area contributed by atoms with Crippen LogP contribution in [0.15, 0.2) is 30.3 Å². The van der Waals surface area contributed by atoms with Crippen molar-refractivity contribution in [3.05, 3.63) is 35.9 Å². The van der Waals surface area contributed by atoms with E-state index in [4.69, 9.17) is 15.9 Å². The Bertz CT molecular complexity index is 629. The van der Waals surface area contributed by atoms with E-state index in [1.165, 1.54) is 5.56 Å². The smallest absolute Gasteiger partial charge is 0.411 e. The number of nitrogens with zero attached hydrogens (tertiary/aromatic N) is 1. The van der Waals surface area contributed by atoms with E-state index in [0.29, 0.717) is 31.6 Å². The molecule has 1 amide bonds. The number of hydrogen-bond acceptors (Lipinski definition) is 3. The van der Waals surface area contributed by atoms with Gasteiger partial charge in [0.15, 0.2) is 0 Å². The molecule has 1 aliphatic heterocycles. The fourth-order valence-corrected chi connectivity index (χ4v) is 3.52. The summed E-state index contributed by atoms with van der Waals surface area (Å²) in [6.45, 7) is 9.71. The first-order valence-corrected chi connectivity index (χ1v) is 9.89. The molecular formula is C23H33NO3. The van der Waals surface area contributed by atoms with Crippen molar-refractivity contribution < 1.29 is 14.3 Å². The summed E-state index contributed by atoms with van der Waals surface area (Å²) in [5, 5.41) is 0. The first kappa shape index (κ1) is 21.3. The van der Waals surface area contributed by atoms with Crippen molar-refractivity contribution in [2.24, 2.45) is 11.8 Å². The van der Waals surface area contributed by atoms with Crippen LogP contribution in [0, 0.1) is 24.2 Å². The average molecular weight is 372 g/mol. The Kier molecular flexibility index (Phi) is 7.74. The van der Waals surface area contributed by atoms with Gasteiger partial charge in [-0.1, -0.05) is 49.6 Å². The van der Waals surface area contributed by atoms with Crippen LogP contribution in [-0.2, 0) is 16.1 Å². The molecule has 4 nitrogen and oxygen atoms in total. The lowest BCUT2D eigenvalue weighted by molar-refractivity contribution is 0.0180. The standard InChI is InChI=1S/C23H33NO3/c1-6-18-13-20(17-26-16-19-11-9-8-10-12-19)14-21(7-2)24(15-18)22(25)27-23(3,4)5/h2,8-12,18,20-21H,6,13-17H2,1,3-5H3/t18-,20-,21?/m1/s1. The minimum absolute atomic E-state index is 0.248. The summed E-state index contributed by atoms with van der Waals surface area (Å²) < 4.78 is 11.6. The lowest BCUT2D eigenvalue weighted by Gasteiger charge is -2.31. The van der Waals surface area contributed by atoms with Crippen LogP contribution in [0.1, 0.15) is 52.5 Å². The summed E-state index contributed by atoms with van der Waals surface area (Å²) in [6.07, 6.45) is 8.26. The summed E-state index contributed by atoms with van der Waals surface area (Å²) >= 11 is 0. The van der Waals surface area contributed by atoms with Crippen LogP contribution < -0.4 is 0 Å². The van der Waals surface area contributed by atoms with Gasteiger partial charge < -0.3 is 9.47 Å². The monoisotopic (exact) mass is 371 g/mol. The second-order valence-electron chi connectivity index (χ2n) is 8.43. The van der Waals surface area contributed by atoms with E-state index in [1.807, 2.05) is 39.0 Å². The molecule has 1 saturated heterocycles. The van der Waals surface area contributed by atoms with Gasteiger partial charge in [0, 0.05) is 13.2 Å². The molecule has 1 fully saturated rings. The largest absolute Gasteiger partial charge is 0.444 e. The van der Waals surface area contributed by atoms with Gasteiger partial charge in [0.1, 0.15) is 5.60 Å². The number of hydrogen-bond donors (Lipinski definition) is 0. The van der Waals surface area contributed by atoms with Crippen molar-refractivity contribution in [3.8, 4) is 12.3 Å². The zero-order chi connectivity index (χ0) is 19.9. The Morgan fingerprint density at radius 1 is 1.22 bits per heavy atom. The minimum atomic E-state index is -0.525. The van der Waals surface area contributed by atoms with Gasteiger partial charge in [0.05, 0.1) is 12.6 Å². The predicted octanol–water partition coefficient (Wildman–Crippen LogP) is 4.88. The average Bonchev–Trinajstić information content (AvgIpc) is 2.80. The van der Waals surface area contributed by atoms with E-state index >= 15 is 0 Å². The van der Waals surface area contributed by atoms with E-state index in [0.717, 1.165) is 19.3 Å². The van der Waals surface area contributed by atoms with Crippen LogP contribution in [-0.4, -0.2) is 35.8 Å². The molecule has 27 heavy (non-hydrogen) atoms. The highest BCUT2D eigenvalue weighted by molar-refractivity contribution is 5.69. The van der Waals surface area contributed by atoms with Crippen molar-refractivity contribution in [2.75, 3.05) is 13.2 Å². The normalized spacial score (nSPS) is 23.4. The molecule has 0 radical (unpaired) electrons. The molecule has 0 bridgehead atoms. The van der Waals surface area contributed by atoms with Gasteiger partial charge in [0.25, 0.3) is 0 Å². The third kappa shape index (κ3) is 6.92. The quantitative estimate of drug-likeness (QED) is 0.693. The van der Waals surface area contributed by atoms with Gasteiger partial charge in [-0.25, -0.2) is 4.79 Å². The van der Waals surface area contributed by atoms with Crippen LogP contribution in [0.4, 0.5) is 4.79 Å². The molecule has 3 atom stereocenters. The molecule has 4 heteroatoms. The molecule has 1 aromatic rings. The number of rotatable bonds is 5. The molecule has 0 N–H and O–H groups in total. The topological polar surface area (TPSA) is 38.8 Å². The van der Waals surface area contributed by atoms with E-state index in [2.05, 4.69) is 25.0 Å². The highest BCUT2D eigenvalue weighted by Crippen LogP contribution is 2.29. The summed E-state index contributed by atoms with van der Waals surface area (Å²) in [6, 6.07) is 9.92. The fraction of sp³-hybridized carbons (Fsp3) is 0.609. The third-order valence-electron chi connectivity index (χ3n) is 4.92. The van der Waals surface area contributed by atoms with Crippen LogP contribution in [0.25, 0.3) is 0 Å². The highest BCUT2D eigenvalue weighted by atomic mass is 16.6. The Morgan fingerprint density at radius 3 is 2.52 bits per heavy atom. The molecule has 0 saturated carbocycles. The Morgan fingerprint density at radius 2 is 1.93 bits per heavy atom. The Labute approximate surface area is 164 Å². The van der Waals surface area contributed by atoms with Crippen LogP contribution in [0.3, 0.4) is 0 Å². The second kappa shape index (κ2) is 9.80. The molecule has 1 aliphatic rings. The van der Waals surface area contributed by atoms with Crippen molar-refractivity contribution in [1.29, 1.82) is 0 Å². The molecule has 0 aliphatic carbocycles. The summed E-state index contributed by atoms with van der Waals surface area (Å²) in [5.74, 6) is 3.56. The third-order valence-corrected chi connectivity index (χ3v) is 4.92. The number of amides is 1. The first-order valence-electron chi connectivity index (χ1n) is 9.89. The van der Waals surface area contributed by atoms with E-state index < -0.39 is 5.60 Å². The zero-order valence-electron chi connectivity index (χ0n) is 17.1. The molecule has 1 heterocycles. The van der Waals surface area contributed by atoms with E-state index in [9.17, 15) is 4.79 Å². The van der Waals surface area contributed by atoms with Gasteiger partial charge in [0.2, 0.25) is 0 Å². The van der Waals surface area contributed by atoms with Gasteiger partial charge in [-0.05, 0) is 51.0 Å². The van der Waals surface area contributed by atoms with Crippen LogP contribution >= 0.6 is 0 Å². The number of benzene rings is 1. The van der Waals surface area contributed by atoms with Crippen molar-refractivity contribution in [2.45, 2.75) is 65.2 Å². The minimum Gasteiger partial charge on any atom is -0.444 e. The Balaban J connectivity index is 2.00. The highest BCUT2D eigenvalue weighted by Gasteiger charge is 2.34. The number of carbonyl (C=O) groups excluding carboxylic acids is 1. The van der Waals surface area contributed by atoms with Gasteiger partial charge in [-0.2, -0.15) is 0 Å². The molecule has 1 unspecified atom stereocenters. The summed E-state index contributed by atoms with van der Waals surface area (Å²) in [7, 11) is 0. The van der Waals surface area contributed by atoms with E-state index in [1.54, 1.807) is 4.90 Å². The van der Waals surface area contributed by atoms with Gasteiger partial charge >= 0.3 is 6.09 Å². The molecular weight excluding hydrogens is 338 g/mol. The maximum atomic E-state index is 12.7. The second-order valence-corrected chi connectivity index (χ2v) is 8.43. The molecule has 0 aromatic heterocycles. The maximum absolute atomic E-state index is 12.7. The van der Waals surface area contributed by atoms with Crippen molar-refractivity contribution in [3.63, 3.8) is 0 Å². The number of terminal acetylenes is 1. The molecule has 2 rings (SSSR count). The maximum Gasteiger partial charge on any atom is 0.411 e. The molecule has 148 valence electrons. The van der Waals surface area contributed by atoms with Gasteiger partial charge in [-0.15, -0.1) is 6.42 Å². The summed E-state index contributed by atoms with van der Waals surface area (Å²) in [5.41, 5.74) is 0.643. The Hall–Kier alpha value is -1.99. The predicted molar refractivity (Wildman–Crippen MR) is 108 cm³/mol. The van der Waals surface area contributed by atoms with Crippen LogP contribution in [0.2, 0.25) is 0 Å². The zero-order valence-corrected chi connectivity index (χ0v) is 17.1. The molecule has 0 spiro atoms. The van der Waals surface area contributed by atoms with Gasteiger partial charge in [-0.3, -0.25) is 4.90 Å². The molecule has 1 aromatic carbocycles. The lowest BCUT2D eigenvalue weighted by atomic mass is 9.91. The lowest BCUT2D eigenvalue weighted by Crippen LogP contribution is -2.44.